The van der Waals surface area contributed by atoms with E-state index < -0.39 is 11.9 Å². The standard InChI is InChI=1S/C23H19FN4O4S2/c1-2-31-22(30)21-25-17(13-33-21)12-32-19(29)14-34-23-27-26-20(15-8-10-16(24)11-9-15)28(23)18-6-4-3-5-7-18/h3-11,13H,2,12,14H2,1H3. The molecule has 0 radical (unpaired) electrons. The highest BCUT2D eigenvalue weighted by molar-refractivity contribution is 7.99. The Hall–Kier alpha value is -3.57. The highest BCUT2D eigenvalue weighted by atomic mass is 32.2. The highest BCUT2D eigenvalue weighted by Crippen LogP contribution is 2.28. The largest absolute Gasteiger partial charge is 0.461 e. The number of hydrogen-bond acceptors (Lipinski definition) is 9. The molecular weight excluding hydrogens is 479 g/mol. The first kappa shape index (κ1) is 23.6. The monoisotopic (exact) mass is 498 g/mol. The number of aromatic nitrogens is 4. The van der Waals surface area contributed by atoms with Crippen molar-refractivity contribution in [3.05, 3.63) is 76.5 Å². The van der Waals surface area contributed by atoms with Crippen LogP contribution in [0.4, 0.5) is 4.39 Å². The van der Waals surface area contributed by atoms with Crippen molar-refractivity contribution in [3.8, 4) is 17.1 Å². The molecule has 0 spiro atoms. The van der Waals surface area contributed by atoms with Gasteiger partial charge in [-0.3, -0.25) is 9.36 Å². The number of thiazole rings is 1. The molecule has 2 aromatic carbocycles. The Labute approximate surface area is 202 Å². The van der Waals surface area contributed by atoms with Gasteiger partial charge in [0.2, 0.25) is 5.01 Å². The summed E-state index contributed by atoms with van der Waals surface area (Å²) in [7, 11) is 0. The molecule has 0 atom stereocenters. The molecule has 0 N–H and O–H groups in total. The van der Waals surface area contributed by atoms with Crippen LogP contribution in [0.2, 0.25) is 0 Å². The maximum absolute atomic E-state index is 13.4. The number of benzene rings is 2. The van der Waals surface area contributed by atoms with Crippen LogP contribution in [-0.2, 0) is 20.9 Å². The van der Waals surface area contributed by atoms with Crippen molar-refractivity contribution < 1.29 is 23.5 Å². The van der Waals surface area contributed by atoms with Crippen molar-refractivity contribution in [2.45, 2.75) is 18.7 Å². The Morgan fingerprint density at radius 2 is 1.82 bits per heavy atom. The summed E-state index contributed by atoms with van der Waals surface area (Å²) >= 11 is 2.30. The van der Waals surface area contributed by atoms with Gasteiger partial charge in [0.05, 0.1) is 18.1 Å². The Morgan fingerprint density at radius 1 is 1.06 bits per heavy atom. The number of nitrogens with zero attached hydrogens (tertiary/aromatic N) is 4. The van der Waals surface area contributed by atoms with Crippen LogP contribution in [0.5, 0.6) is 0 Å². The van der Waals surface area contributed by atoms with Crippen LogP contribution < -0.4 is 0 Å². The van der Waals surface area contributed by atoms with Gasteiger partial charge in [-0.05, 0) is 43.3 Å². The van der Waals surface area contributed by atoms with E-state index in [2.05, 4.69) is 15.2 Å². The molecule has 0 aliphatic rings. The first-order valence-corrected chi connectivity index (χ1v) is 12.1. The van der Waals surface area contributed by atoms with Crippen molar-refractivity contribution in [2.75, 3.05) is 12.4 Å². The molecule has 2 aromatic heterocycles. The fourth-order valence-corrected chi connectivity index (χ4v) is 4.38. The van der Waals surface area contributed by atoms with Crippen molar-refractivity contribution in [1.82, 2.24) is 19.7 Å². The maximum atomic E-state index is 13.4. The maximum Gasteiger partial charge on any atom is 0.367 e. The average Bonchev–Trinajstić information content (AvgIpc) is 3.50. The van der Waals surface area contributed by atoms with Gasteiger partial charge in [-0.1, -0.05) is 30.0 Å². The quantitative estimate of drug-likeness (QED) is 0.245. The Balaban J connectivity index is 1.44. The number of carbonyl (C=O) groups excluding carboxylic acids is 2. The van der Waals surface area contributed by atoms with Gasteiger partial charge in [-0.2, -0.15) is 0 Å². The minimum atomic E-state index is -0.502. The van der Waals surface area contributed by atoms with E-state index in [0.29, 0.717) is 22.2 Å². The lowest BCUT2D eigenvalue weighted by atomic mass is 10.2. The first-order chi connectivity index (χ1) is 16.5. The number of carbonyl (C=O) groups is 2. The lowest BCUT2D eigenvalue weighted by Gasteiger charge is -2.10. The van der Waals surface area contributed by atoms with Crippen LogP contribution in [-0.4, -0.2) is 44.0 Å². The summed E-state index contributed by atoms with van der Waals surface area (Å²) in [6.45, 7) is 1.92. The molecule has 0 bridgehead atoms. The normalized spacial score (nSPS) is 10.8. The van der Waals surface area contributed by atoms with E-state index >= 15 is 0 Å². The molecule has 174 valence electrons. The number of rotatable bonds is 9. The fraction of sp³-hybridized carbons (Fsp3) is 0.174. The summed E-state index contributed by atoms with van der Waals surface area (Å²) in [5, 5.41) is 10.8. The van der Waals surface area contributed by atoms with E-state index in [4.69, 9.17) is 9.47 Å². The number of thioether (sulfide) groups is 1. The molecule has 0 unspecified atom stereocenters. The Morgan fingerprint density at radius 3 is 2.56 bits per heavy atom. The lowest BCUT2D eigenvalue weighted by Crippen LogP contribution is -2.09. The van der Waals surface area contributed by atoms with E-state index in [1.807, 2.05) is 30.3 Å². The summed E-state index contributed by atoms with van der Waals surface area (Å²) in [5.74, 6) is -0.805. The number of hydrogen-bond donors (Lipinski definition) is 0. The van der Waals surface area contributed by atoms with E-state index in [-0.39, 0.29) is 29.8 Å². The Bertz CT molecular complexity index is 1280. The average molecular weight is 499 g/mol. The van der Waals surface area contributed by atoms with Crippen LogP contribution in [0, 0.1) is 5.82 Å². The third-order valence-corrected chi connectivity index (χ3v) is 6.23. The van der Waals surface area contributed by atoms with Gasteiger partial charge in [0.15, 0.2) is 11.0 Å². The summed E-state index contributed by atoms with van der Waals surface area (Å²) in [6, 6.07) is 15.4. The summed E-state index contributed by atoms with van der Waals surface area (Å²) < 4.78 is 25.4. The van der Waals surface area contributed by atoms with E-state index in [0.717, 1.165) is 17.0 Å². The molecule has 0 aliphatic carbocycles. The molecule has 34 heavy (non-hydrogen) atoms. The molecule has 2 heterocycles. The van der Waals surface area contributed by atoms with Gasteiger partial charge in [-0.15, -0.1) is 21.5 Å². The first-order valence-electron chi connectivity index (χ1n) is 10.2. The molecule has 0 amide bonds. The number of halogens is 1. The third-order valence-electron chi connectivity index (χ3n) is 4.45. The van der Waals surface area contributed by atoms with Gasteiger partial charge < -0.3 is 9.47 Å². The van der Waals surface area contributed by atoms with E-state index in [1.165, 1.54) is 23.9 Å². The third kappa shape index (κ3) is 5.67. The van der Waals surface area contributed by atoms with Crippen molar-refractivity contribution in [1.29, 1.82) is 0 Å². The summed E-state index contributed by atoms with van der Waals surface area (Å²) in [5.41, 5.74) is 1.96. The number of ether oxygens (including phenoxy) is 2. The van der Waals surface area contributed by atoms with E-state index in [9.17, 15) is 14.0 Å². The van der Waals surface area contributed by atoms with Crippen LogP contribution >= 0.6 is 23.1 Å². The number of para-hydroxylation sites is 1. The van der Waals surface area contributed by atoms with Gasteiger partial charge in [0.1, 0.15) is 12.4 Å². The van der Waals surface area contributed by atoms with Crippen LogP contribution in [0.25, 0.3) is 17.1 Å². The van der Waals surface area contributed by atoms with Gasteiger partial charge in [-0.25, -0.2) is 14.2 Å². The zero-order valence-corrected chi connectivity index (χ0v) is 19.6. The summed E-state index contributed by atoms with van der Waals surface area (Å²) in [4.78, 5) is 28.2. The molecule has 8 nitrogen and oxygen atoms in total. The molecule has 0 fully saturated rings. The highest BCUT2D eigenvalue weighted by Gasteiger charge is 2.18. The minimum Gasteiger partial charge on any atom is -0.461 e. The molecule has 0 saturated heterocycles. The van der Waals surface area contributed by atoms with Crippen LogP contribution in [0.3, 0.4) is 0 Å². The second-order valence-corrected chi connectivity index (χ2v) is 8.60. The van der Waals surface area contributed by atoms with Gasteiger partial charge >= 0.3 is 11.9 Å². The molecule has 11 heteroatoms. The van der Waals surface area contributed by atoms with Crippen molar-refractivity contribution in [2.24, 2.45) is 0 Å². The topological polar surface area (TPSA) is 96.2 Å². The molecular formula is C23H19FN4O4S2. The number of esters is 2. The molecule has 0 saturated carbocycles. The smallest absolute Gasteiger partial charge is 0.367 e. The summed E-state index contributed by atoms with van der Waals surface area (Å²) in [6.07, 6.45) is 0. The molecule has 0 aliphatic heterocycles. The van der Waals surface area contributed by atoms with Gasteiger partial charge in [0, 0.05) is 16.6 Å². The minimum absolute atomic E-state index is 0.0107. The lowest BCUT2D eigenvalue weighted by molar-refractivity contribution is -0.141. The second kappa shape index (κ2) is 11.0. The zero-order chi connectivity index (χ0) is 23.9. The second-order valence-electron chi connectivity index (χ2n) is 6.80. The predicted molar refractivity (Wildman–Crippen MR) is 125 cm³/mol. The zero-order valence-electron chi connectivity index (χ0n) is 18.0. The fourth-order valence-electron chi connectivity index (χ4n) is 2.94. The van der Waals surface area contributed by atoms with Crippen LogP contribution in [0.1, 0.15) is 22.4 Å². The SMILES string of the molecule is CCOC(=O)c1nc(COC(=O)CSc2nnc(-c3ccc(F)cc3)n2-c2ccccc2)cs1. The van der Waals surface area contributed by atoms with E-state index in [1.54, 1.807) is 29.0 Å². The molecule has 4 aromatic rings. The molecule has 4 rings (SSSR count). The van der Waals surface area contributed by atoms with Crippen molar-refractivity contribution in [3.63, 3.8) is 0 Å². The van der Waals surface area contributed by atoms with Gasteiger partial charge in [0.25, 0.3) is 0 Å². The van der Waals surface area contributed by atoms with Crippen LogP contribution in [0.15, 0.2) is 65.1 Å². The predicted octanol–water partition coefficient (Wildman–Crippen LogP) is 4.54. The van der Waals surface area contributed by atoms with Crippen molar-refractivity contribution >= 4 is 35.0 Å². The Kier molecular flexibility index (Phi) is 7.65.